The van der Waals surface area contributed by atoms with Crippen molar-refractivity contribution in [1.29, 1.82) is 5.26 Å². The molecule has 0 atom stereocenters. The van der Waals surface area contributed by atoms with Crippen LogP contribution in [-0.2, 0) is 6.61 Å². The van der Waals surface area contributed by atoms with Crippen molar-refractivity contribution in [2.75, 3.05) is 18.0 Å². The van der Waals surface area contributed by atoms with E-state index in [-0.39, 0.29) is 6.61 Å². The summed E-state index contributed by atoms with van der Waals surface area (Å²) in [7, 11) is 0. The van der Waals surface area contributed by atoms with E-state index < -0.39 is 0 Å². The van der Waals surface area contributed by atoms with Gasteiger partial charge in [-0.25, -0.2) is 4.98 Å². The summed E-state index contributed by atoms with van der Waals surface area (Å²) < 4.78 is 0. The van der Waals surface area contributed by atoms with Gasteiger partial charge in [-0.1, -0.05) is 19.9 Å². The Morgan fingerprint density at radius 2 is 2.29 bits per heavy atom. The third-order valence-corrected chi connectivity index (χ3v) is 2.42. The second-order valence-electron chi connectivity index (χ2n) is 4.39. The molecule has 92 valence electrons. The number of nitrogens with zero attached hydrogens (tertiary/aromatic N) is 3. The predicted octanol–water partition coefficient (Wildman–Crippen LogP) is 1.95. The van der Waals surface area contributed by atoms with Crippen LogP contribution in [0.3, 0.4) is 0 Å². The Labute approximate surface area is 103 Å². The van der Waals surface area contributed by atoms with Crippen LogP contribution in [0.2, 0.25) is 0 Å². The second-order valence-corrected chi connectivity index (χ2v) is 4.39. The van der Waals surface area contributed by atoms with Gasteiger partial charge in [0.1, 0.15) is 5.82 Å². The van der Waals surface area contributed by atoms with Crippen molar-refractivity contribution in [3.63, 3.8) is 0 Å². The summed E-state index contributed by atoms with van der Waals surface area (Å²) in [6.07, 6.45) is 2.18. The maximum Gasteiger partial charge on any atom is 0.134 e. The van der Waals surface area contributed by atoms with E-state index in [9.17, 15) is 5.11 Å². The van der Waals surface area contributed by atoms with Crippen molar-refractivity contribution in [2.45, 2.75) is 26.9 Å². The average Bonchev–Trinajstić information content (AvgIpc) is 2.34. The fourth-order valence-electron chi connectivity index (χ4n) is 1.75. The molecular formula is C13H19N3O. The maximum absolute atomic E-state index is 9.30. The van der Waals surface area contributed by atoms with E-state index in [1.807, 2.05) is 12.1 Å². The van der Waals surface area contributed by atoms with Crippen LogP contribution in [0, 0.1) is 17.2 Å². The molecule has 4 nitrogen and oxygen atoms in total. The molecule has 0 spiro atoms. The lowest BCUT2D eigenvalue weighted by Crippen LogP contribution is -2.30. The summed E-state index contributed by atoms with van der Waals surface area (Å²) in [6.45, 7) is 5.72. The van der Waals surface area contributed by atoms with Gasteiger partial charge in [-0.2, -0.15) is 5.26 Å². The van der Waals surface area contributed by atoms with Crippen LogP contribution in [0.15, 0.2) is 18.3 Å². The van der Waals surface area contributed by atoms with E-state index >= 15 is 0 Å². The summed E-state index contributed by atoms with van der Waals surface area (Å²) >= 11 is 0. The molecule has 4 heteroatoms. The van der Waals surface area contributed by atoms with Gasteiger partial charge in [-0.3, -0.25) is 0 Å². The third-order valence-electron chi connectivity index (χ3n) is 2.42. The number of aliphatic hydroxyl groups excluding tert-OH is 1. The van der Waals surface area contributed by atoms with Crippen molar-refractivity contribution >= 4 is 5.82 Å². The van der Waals surface area contributed by atoms with Gasteiger partial charge in [0, 0.05) is 24.8 Å². The van der Waals surface area contributed by atoms with Gasteiger partial charge in [0.05, 0.1) is 19.1 Å². The van der Waals surface area contributed by atoms with E-state index in [4.69, 9.17) is 5.26 Å². The highest BCUT2D eigenvalue weighted by atomic mass is 16.3. The average molecular weight is 233 g/mol. The van der Waals surface area contributed by atoms with E-state index in [2.05, 4.69) is 29.8 Å². The van der Waals surface area contributed by atoms with Gasteiger partial charge in [0.15, 0.2) is 0 Å². The van der Waals surface area contributed by atoms with Crippen molar-refractivity contribution in [3.8, 4) is 6.07 Å². The number of hydrogen-bond acceptors (Lipinski definition) is 4. The van der Waals surface area contributed by atoms with Crippen molar-refractivity contribution < 1.29 is 5.11 Å². The Balaban J connectivity index is 2.91. The highest BCUT2D eigenvalue weighted by molar-refractivity contribution is 5.46. The molecule has 0 bridgehead atoms. The molecule has 0 amide bonds. The fraction of sp³-hybridized carbons (Fsp3) is 0.538. The predicted molar refractivity (Wildman–Crippen MR) is 67.4 cm³/mol. The first-order valence-corrected chi connectivity index (χ1v) is 5.85. The van der Waals surface area contributed by atoms with E-state index in [0.29, 0.717) is 18.9 Å². The standard InChI is InChI=1S/C13H19N3O/c1-11(2)9-16(8-4-6-14)13-12(10-17)5-3-7-15-13/h3,5,7,11,17H,4,8-10H2,1-2H3. The second kappa shape index (κ2) is 6.87. The summed E-state index contributed by atoms with van der Waals surface area (Å²) in [5.41, 5.74) is 0.811. The van der Waals surface area contributed by atoms with Crippen molar-refractivity contribution in [1.82, 2.24) is 4.98 Å². The zero-order valence-corrected chi connectivity index (χ0v) is 10.4. The fourth-order valence-corrected chi connectivity index (χ4v) is 1.75. The largest absolute Gasteiger partial charge is 0.392 e. The first kappa shape index (κ1) is 13.5. The number of pyridine rings is 1. The Morgan fingerprint density at radius 3 is 2.88 bits per heavy atom. The quantitative estimate of drug-likeness (QED) is 0.815. The Morgan fingerprint density at radius 1 is 1.53 bits per heavy atom. The number of nitriles is 1. The number of rotatable bonds is 6. The molecule has 17 heavy (non-hydrogen) atoms. The molecule has 1 N–H and O–H groups in total. The van der Waals surface area contributed by atoms with Crippen LogP contribution < -0.4 is 4.90 Å². The lowest BCUT2D eigenvalue weighted by atomic mass is 10.1. The topological polar surface area (TPSA) is 60.2 Å². The molecule has 0 aromatic carbocycles. The van der Waals surface area contributed by atoms with Crippen molar-refractivity contribution in [2.24, 2.45) is 5.92 Å². The first-order chi connectivity index (χ1) is 8.19. The minimum atomic E-state index is -0.0235. The lowest BCUT2D eigenvalue weighted by Gasteiger charge is -2.26. The third kappa shape index (κ3) is 4.04. The minimum absolute atomic E-state index is 0.0235. The van der Waals surface area contributed by atoms with Gasteiger partial charge in [0.2, 0.25) is 0 Å². The molecular weight excluding hydrogens is 214 g/mol. The zero-order valence-electron chi connectivity index (χ0n) is 10.4. The molecule has 0 fully saturated rings. The summed E-state index contributed by atoms with van der Waals surface area (Å²) in [4.78, 5) is 6.38. The minimum Gasteiger partial charge on any atom is -0.392 e. The van der Waals surface area contributed by atoms with Crippen molar-refractivity contribution in [3.05, 3.63) is 23.9 Å². The van der Waals surface area contributed by atoms with Crippen LogP contribution >= 0.6 is 0 Å². The Kier molecular flexibility index (Phi) is 5.44. The number of aliphatic hydroxyl groups is 1. The van der Waals surface area contributed by atoms with Gasteiger partial charge in [0.25, 0.3) is 0 Å². The number of hydrogen-bond donors (Lipinski definition) is 1. The number of anilines is 1. The van der Waals surface area contributed by atoms with E-state index in [1.54, 1.807) is 6.20 Å². The molecule has 0 aliphatic carbocycles. The monoisotopic (exact) mass is 233 g/mol. The summed E-state index contributed by atoms with van der Waals surface area (Å²) in [5, 5.41) is 18.0. The molecule has 1 aromatic rings. The van der Waals surface area contributed by atoms with Gasteiger partial charge in [-0.15, -0.1) is 0 Å². The molecule has 0 saturated carbocycles. The van der Waals surface area contributed by atoms with E-state index in [0.717, 1.165) is 17.9 Å². The molecule has 0 saturated heterocycles. The van der Waals surface area contributed by atoms with Gasteiger partial charge >= 0.3 is 0 Å². The van der Waals surface area contributed by atoms with E-state index in [1.165, 1.54) is 0 Å². The normalized spacial score (nSPS) is 10.3. The van der Waals surface area contributed by atoms with Crippen LogP contribution in [0.4, 0.5) is 5.82 Å². The molecule has 0 radical (unpaired) electrons. The molecule has 0 aliphatic heterocycles. The zero-order chi connectivity index (χ0) is 12.7. The number of aromatic nitrogens is 1. The van der Waals surface area contributed by atoms with Crippen LogP contribution in [-0.4, -0.2) is 23.2 Å². The van der Waals surface area contributed by atoms with Crippen LogP contribution in [0.25, 0.3) is 0 Å². The lowest BCUT2D eigenvalue weighted by molar-refractivity contribution is 0.281. The smallest absolute Gasteiger partial charge is 0.134 e. The van der Waals surface area contributed by atoms with Gasteiger partial charge in [-0.05, 0) is 12.0 Å². The highest BCUT2D eigenvalue weighted by Crippen LogP contribution is 2.18. The Bertz CT molecular complexity index is 384. The van der Waals surface area contributed by atoms with Crippen LogP contribution in [0.1, 0.15) is 25.8 Å². The maximum atomic E-state index is 9.30. The first-order valence-electron chi connectivity index (χ1n) is 5.85. The molecule has 1 aromatic heterocycles. The van der Waals surface area contributed by atoms with Gasteiger partial charge < -0.3 is 10.0 Å². The SMILES string of the molecule is CC(C)CN(CCC#N)c1ncccc1CO. The molecule has 0 unspecified atom stereocenters. The summed E-state index contributed by atoms with van der Waals surface area (Å²) in [5.74, 6) is 1.28. The molecule has 1 heterocycles. The molecule has 0 aliphatic rings. The summed E-state index contributed by atoms with van der Waals surface area (Å²) in [6, 6.07) is 5.82. The highest BCUT2D eigenvalue weighted by Gasteiger charge is 2.13. The van der Waals surface area contributed by atoms with Crippen LogP contribution in [0.5, 0.6) is 0 Å². The Hall–Kier alpha value is -1.60. The molecule has 1 rings (SSSR count).